The summed E-state index contributed by atoms with van der Waals surface area (Å²) in [5.41, 5.74) is 1.61. The van der Waals surface area contributed by atoms with Crippen LogP contribution in [0.15, 0.2) is 48.5 Å². The maximum Gasteiger partial charge on any atom is 0.488 e. The standard InChI is InChI=1S/C16H20B2O3/c1-16(2,3)17-14-6-4-5-7-15(14)21-13-10-8-12(9-11-13)18(19)20/h4-11,17,19-20H,1-3H3. The Morgan fingerprint density at radius 1 is 0.952 bits per heavy atom. The van der Waals surface area contributed by atoms with Gasteiger partial charge in [0.15, 0.2) is 7.28 Å². The van der Waals surface area contributed by atoms with Crippen LogP contribution in [-0.4, -0.2) is 24.4 Å². The third-order valence-electron chi connectivity index (χ3n) is 3.10. The molecule has 5 heteroatoms. The van der Waals surface area contributed by atoms with Crippen LogP contribution in [0.25, 0.3) is 0 Å². The molecule has 0 atom stereocenters. The molecule has 0 saturated heterocycles. The van der Waals surface area contributed by atoms with Gasteiger partial charge in [-0.1, -0.05) is 56.4 Å². The normalized spacial score (nSPS) is 11.1. The first kappa shape index (κ1) is 15.7. The lowest BCUT2D eigenvalue weighted by Gasteiger charge is -2.19. The monoisotopic (exact) mass is 282 g/mol. The summed E-state index contributed by atoms with van der Waals surface area (Å²) in [6.07, 6.45) is 0. The molecule has 0 aliphatic heterocycles. The molecule has 0 radical (unpaired) electrons. The zero-order valence-corrected chi connectivity index (χ0v) is 12.7. The van der Waals surface area contributed by atoms with E-state index in [1.54, 1.807) is 24.3 Å². The number of hydrogen-bond acceptors (Lipinski definition) is 3. The van der Waals surface area contributed by atoms with E-state index in [2.05, 4.69) is 26.8 Å². The highest BCUT2D eigenvalue weighted by Gasteiger charge is 2.17. The quantitative estimate of drug-likeness (QED) is 0.834. The average molecular weight is 282 g/mol. The molecule has 0 unspecified atom stereocenters. The Morgan fingerprint density at radius 2 is 1.57 bits per heavy atom. The van der Waals surface area contributed by atoms with Crippen LogP contribution in [0.3, 0.4) is 0 Å². The van der Waals surface area contributed by atoms with Crippen molar-refractivity contribution in [3.8, 4) is 11.5 Å². The van der Waals surface area contributed by atoms with Crippen LogP contribution in [-0.2, 0) is 0 Å². The first-order valence-electron chi connectivity index (χ1n) is 7.07. The van der Waals surface area contributed by atoms with E-state index < -0.39 is 7.12 Å². The second kappa shape index (κ2) is 6.37. The van der Waals surface area contributed by atoms with Gasteiger partial charge in [0.25, 0.3) is 0 Å². The SMILES string of the molecule is CC(C)(C)Bc1ccccc1Oc1ccc(B(O)O)cc1. The van der Waals surface area contributed by atoms with Crippen molar-refractivity contribution in [2.24, 2.45) is 0 Å². The minimum atomic E-state index is -1.45. The molecule has 0 spiro atoms. The van der Waals surface area contributed by atoms with Gasteiger partial charge in [-0.25, -0.2) is 0 Å². The molecule has 0 aromatic heterocycles. The van der Waals surface area contributed by atoms with Crippen molar-refractivity contribution in [1.82, 2.24) is 0 Å². The molecule has 21 heavy (non-hydrogen) atoms. The van der Waals surface area contributed by atoms with Gasteiger partial charge < -0.3 is 14.8 Å². The van der Waals surface area contributed by atoms with Gasteiger partial charge in [0.2, 0.25) is 0 Å². The average Bonchev–Trinajstić information content (AvgIpc) is 2.40. The second-order valence-corrected chi connectivity index (χ2v) is 6.39. The smallest absolute Gasteiger partial charge is 0.458 e. The molecule has 2 rings (SSSR count). The Labute approximate surface area is 127 Å². The fourth-order valence-corrected chi connectivity index (χ4v) is 2.16. The topological polar surface area (TPSA) is 49.7 Å². The summed E-state index contributed by atoms with van der Waals surface area (Å²) in [5.74, 6) is 1.52. The predicted molar refractivity (Wildman–Crippen MR) is 89.3 cm³/mol. The van der Waals surface area contributed by atoms with Crippen molar-refractivity contribution in [2.45, 2.75) is 26.1 Å². The molecule has 3 nitrogen and oxygen atoms in total. The van der Waals surface area contributed by atoms with Gasteiger partial charge in [0, 0.05) is 0 Å². The first-order chi connectivity index (χ1) is 9.85. The summed E-state index contributed by atoms with van der Waals surface area (Å²) in [6.45, 7) is 6.59. The van der Waals surface area contributed by atoms with Gasteiger partial charge in [-0.05, 0) is 29.1 Å². The molecule has 0 aliphatic carbocycles. The Bertz CT molecular complexity index is 589. The van der Waals surface area contributed by atoms with Crippen LogP contribution in [0.4, 0.5) is 0 Å². The van der Waals surface area contributed by atoms with E-state index in [-0.39, 0.29) is 5.31 Å². The number of para-hydroxylation sites is 1. The molecule has 0 aliphatic rings. The third kappa shape index (κ3) is 4.65. The molecule has 2 aromatic rings. The molecular formula is C16H20B2O3. The predicted octanol–water partition coefficient (Wildman–Crippen LogP) is 1.44. The second-order valence-electron chi connectivity index (χ2n) is 6.39. The van der Waals surface area contributed by atoms with Gasteiger partial charge in [-0.15, -0.1) is 0 Å². The van der Waals surface area contributed by atoms with E-state index in [1.165, 1.54) is 0 Å². The summed E-state index contributed by atoms with van der Waals surface area (Å²) in [4.78, 5) is 0. The lowest BCUT2D eigenvalue weighted by molar-refractivity contribution is 0.425. The minimum Gasteiger partial charge on any atom is -0.458 e. The highest BCUT2D eigenvalue weighted by atomic mass is 16.5. The highest BCUT2D eigenvalue weighted by molar-refractivity contribution is 6.58. The van der Waals surface area contributed by atoms with Gasteiger partial charge in [-0.2, -0.15) is 0 Å². The van der Waals surface area contributed by atoms with Crippen molar-refractivity contribution in [3.63, 3.8) is 0 Å². The van der Waals surface area contributed by atoms with Crippen molar-refractivity contribution < 1.29 is 14.8 Å². The van der Waals surface area contributed by atoms with Gasteiger partial charge in [-0.3, -0.25) is 0 Å². The number of rotatable bonds is 4. The Kier molecular flexibility index (Phi) is 4.76. The van der Waals surface area contributed by atoms with Crippen molar-refractivity contribution in [1.29, 1.82) is 0 Å². The first-order valence-corrected chi connectivity index (χ1v) is 7.07. The van der Waals surface area contributed by atoms with Crippen LogP contribution in [0.1, 0.15) is 20.8 Å². The third-order valence-corrected chi connectivity index (χ3v) is 3.10. The van der Waals surface area contributed by atoms with Gasteiger partial charge in [0.1, 0.15) is 11.5 Å². The molecule has 2 aromatic carbocycles. The van der Waals surface area contributed by atoms with Gasteiger partial charge >= 0.3 is 7.12 Å². The molecule has 0 bridgehead atoms. The van der Waals surface area contributed by atoms with Crippen LogP contribution in [0.5, 0.6) is 11.5 Å². The summed E-state index contributed by atoms with van der Waals surface area (Å²) < 4.78 is 5.93. The maximum absolute atomic E-state index is 9.09. The largest absolute Gasteiger partial charge is 0.488 e. The number of benzene rings is 2. The molecule has 0 heterocycles. The molecule has 0 saturated carbocycles. The molecule has 0 fully saturated rings. The summed E-state index contributed by atoms with van der Waals surface area (Å²) in [5, 5.41) is 18.4. The Morgan fingerprint density at radius 3 is 2.14 bits per heavy atom. The van der Waals surface area contributed by atoms with Crippen molar-refractivity contribution in [3.05, 3.63) is 48.5 Å². The van der Waals surface area contributed by atoms with E-state index in [9.17, 15) is 0 Å². The minimum absolute atomic E-state index is 0.185. The van der Waals surface area contributed by atoms with Crippen LogP contribution in [0, 0.1) is 0 Å². The summed E-state index contributed by atoms with van der Waals surface area (Å²) >= 11 is 0. The molecular weight excluding hydrogens is 262 g/mol. The zero-order chi connectivity index (χ0) is 15.5. The van der Waals surface area contributed by atoms with Crippen LogP contribution in [0.2, 0.25) is 5.31 Å². The fourth-order valence-electron chi connectivity index (χ4n) is 2.16. The maximum atomic E-state index is 9.09. The Hall–Kier alpha value is -1.71. The molecule has 2 N–H and O–H groups in total. The lowest BCUT2D eigenvalue weighted by Crippen LogP contribution is -2.29. The fraction of sp³-hybridized carbons (Fsp3) is 0.250. The van der Waals surface area contributed by atoms with E-state index in [1.807, 2.05) is 18.2 Å². The van der Waals surface area contributed by atoms with E-state index in [0.29, 0.717) is 11.2 Å². The zero-order valence-electron chi connectivity index (χ0n) is 12.7. The Balaban J connectivity index is 2.19. The van der Waals surface area contributed by atoms with Crippen molar-refractivity contribution in [2.75, 3.05) is 0 Å². The van der Waals surface area contributed by atoms with E-state index >= 15 is 0 Å². The van der Waals surface area contributed by atoms with Crippen molar-refractivity contribution >= 4 is 25.3 Å². The molecule has 0 amide bonds. The summed E-state index contributed by atoms with van der Waals surface area (Å²) in [6, 6.07) is 14.8. The van der Waals surface area contributed by atoms with E-state index in [4.69, 9.17) is 14.8 Å². The number of ether oxygens (including phenoxy) is 1. The van der Waals surface area contributed by atoms with Crippen LogP contribution >= 0.6 is 0 Å². The van der Waals surface area contributed by atoms with Crippen LogP contribution < -0.4 is 15.7 Å². The molecule has 108 valence electrons. The summed E-state index contributed by atoms with van der Waals surface area (Å²) in [7, 11) is -0.524. The lowest BCUT2D eigenvalue weighted by atomic mass is 9.51. The number of hydrogen-bond donors (Lipinski definition) is 2. The van der Waals surface area contributed by atoms with Gasteiger partial charge in [0.05, 0.1) is 0 Å². The van der Waals surface area contributed by atoms with E-state index in [0.717, 1.165) is 18.5 Å². The highest BCUT2D eigenvalue weighted by Crippen LogP contribution is 2.24.